The minimum Gasteiger partial charge on any atom is -0.490 e. The van der Waals surface area contributed by atoms with Gasteiger partial charge in [-0.3, -0.25) is 15.3 Å². The first-order valence-electron chi connectivity index (χ1n) is 7.32. The predicted octanol–water partition coefficient (Wildman–Crippen LogP) is 0.901. The van der Waals surface area contributed by atoms with Crippen molar-refractivity contribution in [2.75, 3.05) is 46.6 Å². The van der Waals surface area contributed by atoms with E-state index in [1.807, 2.05) is 32.4 Å². The highest BCUT2D eigenvalue weighted by Crippen LogP contribution is 2.20. The Balaban J connectivity index is 2.33. The van der Waals surface area contributed by atoms with Crippen molar-refractivity contribution in [2.24, 2.45) is 4.99 Å². The molecule has 0 fully saturated rings. The van der Waals surface area contributed by atoms with Gasteiger partial charge in [-0.2, -0.15) is 17.0 Å². The SMILES string of the molecule is CN=C(NC#N)NCCSCc1ncccc1OCCN(C)C. The molecule has 1 heterocycles. The molecule has 0 bridgehead atoms. The van der Waals surface area contributed by atoms with Crippen LogP contribution in [0.5, 0.6) is 5.75 Å². The molecule has 126 valence electrons. The Hall–Kier alpha value is -1.98. The lowest BCUT2D eigenvalue weighted by Crippen LogP contribution is -2.35. The highest BCUT2D eigenvalue weighted by Gasteiger charge is 2.05. The summed E-state index contributed by atoms with van der Waals surface area (Å²) in [7, 11) is 5.67. The van der Waals surface area contributed by atoms with Gasteiger partial charge >= 0.3 is 0 Å². The molecule has 8 heteroatoms. The molecule has 0 atom stereocenters. The third-order valence-corrected chi connectivity index (χ3v) is 3.79. The smallest absolute Gasteiger partial charge is 0.204 e. The predicted molar refractivity (Wildman–Crippen MR) is 94.6 cm³/mol. The molecule has 1 aromatic heterocycles. The number of nitriles is 1. The third kappa shape index (κ3) is 8.28. The van der Waals surface area contributed by atoms with E-state index in [1.165, 1.54) is 0 Å². The zero-order valence-corrected chi connectivity index (χ0v) is 14.7. The monoisotopic (exact) mass is 336 g/mol. The molecule has 7 nitrogen and oxygen atoms in total. The third-order valence-electron chi connectivity index (χ3n) is 2.82. The summed E-state index contributed by atoms with van der Waals surface area (Å²) in [5.74, 6) is 2.99. The Morgan fingerprint density at radius 1 is 1.52 bits per heavy atom. The molecule has 0 radical (unpaired) electrons. The lowest BCUT2D eigenvalue weighted by molar-refractivity contribution is 0.259. The van der Waals surface area contributed by atoms with E-state index in [0.29, 0.717) is 12.6 Å². The maximum atomic E-state index is 8.54. The molecule has 0 amide bonds. The second-order valence-electron chi connectivity index (χ2n) is 4.89. The Kier molecular flexibility index (Phi) is 9.59. The van der Waals surface area contributed by atoms with Crippen molar-refractivity contribution in [3.8, 4) is 11.9 Å². The molecule has 0 saturated heterocycles. The van der Waals surface area contributed by atoms with Crippen molar-refractivity contribution in [3.05, 3.63) is 24.0 Å². The summed E-state index contributed by atoms with van der Waals surface area (Å²) in [6.45, 7) is 2.24. The summed E-state index contributed by atoms with van der Waals surface area (Å²) in [6.07, 6.45) is 3.62. The highest BCUT2D eigenvalue weighted by atomic mass is 32.2. The van der Waals surface area contributed by atoms with Crippen LogP contribution in [0.3, 0.4) is 0 Å². The number of hydrogen-bond acceptors (Lipinski definition) is 6. The van der Waals surface area contributed by atoms with Crippen LogP contribution in [-0.4, -0.2) is 62.4 Å². The summed E-state index contributed by atoms with van der Waals surface area (Å²) in [5, 5.41) is 14.1. The number of aliphatic imine (C=N–C) groups is 1. The van der Waals surface area contributed by atoms with Crippen LogP contribution in [0.2, 0.25) is 0 Å². The van der Waals surface area contributed by atoms with Crippen molar-refractivity contribution in [1.82, 2.24) is 20.5 Å². The Morgan fingerprint density at radius 2 is 2.35 bits per heavy atom. The number of aromatic nitrogens is 1. The van der Waals surface area contributed by atoms with Gasteiger partial charge in [0.25, 0.3) is 0 Å². The van der Waals surface area contributed by atoms with Gasteiger partial charge in [0.1, 0.15) is 12.4 Å². The van der Waals surface area contributed by atoms with Crippen molar-refractivity contribution >= 4 is 17.7 Å². The van der Waals surface area contributed by atoms with Gasteiger partial charge in [-0.05, 0) is 26.2 Å². The number of guanidine groups is 1. The summed E-state index contributed by atoms with van der Waals surface area (Å²) in [6, 6.07) is 3.84. The van der Waals surface area contributed by atoms with Crippen LogP contribution in [0, 0.1) is 11.5 Å². The lowest BCUT2D eigenvalue weighted by atomic mass is 10.3. The van der Waals surface area contributed by atoms with Crippen molar-refractivity contribution in [2.45, 2.75) is 5.75 Å². The van der Waals surface area contributed by atoms with E-state index < -0.39 is 0 Å². The molecular weight excluding hydrogens is 312 g/mol. The Bertz CT molecular complexity index is 529. The number of hydrogen-bond donors (Lipinski definition) is 2. The zero-order chi connectivity index (χ0) is 16.9. The van der Waals surface area contributed by atoms with Gasteiger partial charge in [-0.25, -0.2) is 0 Å². The quantitative estimate of drug-likeness (QED) is 0.228. The molecule has 2 N–H and O–H groups in total. The van der Waals surface area contributed by atoms with E-state index in [9.17, 15) is 0 Å². The minimum atomic E-state index is 0.485. The molecular formula is C15H24N6OS. The number of nitrogens with one attached hydrogen (secondary N) is 2. The van der Waals surface area contributed by atoms with E-state index in [4.69, 9.17) is 10.00 Å². The second-order valence-corrected chi connectivity index (χ2v) is 5.99. The molecule has 1 aromatic rings. The van der Waals surface area contributed by atoms with Gasteiger partial charge < -0.3 is 15.0 Å². The average molecular weight is 336 g/mol. The molecule has 0 saturated carbocycles. The van der Waals surface area contributed by atoms with Crippen molar-refractivity contribution < 1.29 is 4.74 Å². The topological polar surface area (TPSA) is 85.6 Å². The first-order chi connectivity index (χ1) is 11.2. The van der Waals surface area contributed by atoms with Gasteiger partial charge in [0, 0.05) is 37.8 Å². The van der Waals surface area contributed by atoms with E-state index >= 15 is 0 Å². The molecule has 1 rings (SSSR count). The van der Waals surface area contributed by atoms with Crippen molar-refractivity contribution in [3.63, 3.8) is 0 Å². The molecule has 0 aromatic carbocycles. The summed E-state index contributed by atoms with van der Waals surface area (Å²) in [4.78, 5) is 10.4. The summed E-state index contributed by atoms with van der Waals surface area (Å²) in [5.41, 5.74) is 0.954. The summed E-state index contributed by atoms with van der Waals surface area (Å²) >= 11 is 1.75. The van der Waals surface area contributed by atoms with E-state index in [2.05, 4.69) is 25.5 Å². The molecule has 23 heavy (non-hydrogen) atoms. The van der Waals surface area contributed by atoms with Gasteiger partial charge in [0.2, 0.25) is 5.96 Å². The van der Waals surface area contributed by atoms with Crippen LogP contribution >= 0.6 is 11.8 Å². The normalized spacial score (nSPS) is 11.2. The molecule has 0 aliphatic heterocycles. The standard InChI is InChI=1S/C15H24N6OS/c1-17-15(20-12-16)19-7-10-23-11-13-14(5-4-6-18-13)22-9-8-21(2)3/h4-6H,7-11H2,1-3H3,(H2,17,19,20). The number of ether oxygens (including phenoxy) is 1. The number of rotatable bonds is 9. The molecule has 0 aliphatic carbocycles. The zero-order valence-electron chi connectivity index (χ0n) is 13.9. The van der Waals surface area contributed by atoms with Gasteiger partial charge in [-0.15, -0.1) is 0 Å². The van der Waals surface area contributed by atoms with Crippen molar-refractivity contribution in [1.29, 1.82) is 5.26 Å². The van der Waals surface area contributed by atoms with E-state index in [1.54, 1.807) is 25.0 Å². The van der Waals surface area contributed by atoms with Gasteiger partial charge in [0.15, 0.2) is 6.19 Å². The Morgan fingerprint density at radius 3 is 3.04 bits per heavy atom. The maximum absolute atomic E-state index is 8.54. The summed E-state index contributed by atoms with van der Waals surface area (Å²) < 4.78 is 5.79. The number of likely N-dealkylation sites (N-methyl/N-ethyl adjacent to an activating group) is 1. The molecule has 0 spiro atoms. The first kappa shape index (κ1) is 19.1. The number of nitrogens with zero attached hydrogens (tertiary/aromatic N) is 4. The maximum Gasteiger partial charge on any atom is 0.204 e. The Labute approximate surface area is 142 Å². The van der Waals surface area contributed by atoms with Crippen LogP contribution in [-0.2, 0) is 5.75 Å². The van der Waals surface area contributed by atoms with Crippen LogP contribution < -0.4 is 15.4 Å². The first-order valence-corrected chi connectivity index (χ1v) is 8.47. The van der Waals surface area contributed by atoms with Crippen LogP contribution in [0.15, 0.2) is 23.3 Å². The van der Waals surface area contributed by atoms with Crippen LogP contribution in [0.25, 0.3) is 0 Å². The minimum absolute atomic E-state index is 0.485. The number of thioether (sulfide) groups is 1. The molecule has 0 aliphatic rings. The van der Waals surface area contributed by atoms with Gasteiger partial charge in [-0.1, -0.05) is 0 Å². The van der Waals surface area contributed by atoms with Crippen LogP contribution in [0.4, 0.5) is 0 Å². The van der Waals surface area contributed by atoms with E-state index in [0.717, 1.165) is 36.0 Å². The second kappa shape index (κ2) is 11.6. The lowest BCUT2D eigenvalue weighted by Gasteiger charge is -2.13. The fourth-order valence-corrected chi connectivity index (χ4v) is 2.44. The largest absolute Gasteiger partial charge is 0.490 e. The fraction of sp³-hybridized carbons (Fsp3) is 0.533. The fourth-order valence-electron chi connectivity index (χ4n) is 1.64. The molecule has 0 unspecified atom stereocenters. The van der Waals surface area contributed by atoms with E-state index in [-0.39, 0.29) is 0 Å². The average Bonchev–Trinajstić information content (AvgIpc) is 2.54. The highest BCUT2D eigenvalue weighted by molar-refractivity contribution is 7.98. The van der Waals surface area contributed by atoms with Crippen LogP contribution in [0.1, 0.15) is 5.69 Å². The number of pyridine rings is 1. The van der Waals surface area contributed by atoms with Gasteiger partial charge in [0.05, 0.1) is 5.69 Å².